The van der Waals surface area contributed by atoms with E-state index in [1.165, 1.54) is 76.7 Å². The lowest BCUT2D eigenvalue weighted by Gasteiger charge is -2.14. The number of rotatable bonds is 13. The van der Waals surface area contributed by atoms with E-state index >= 15 is 0 Å². The first kappa shape index (κ1) is 19.0. The molecule has 1 aliphatic heterocycles. The second-order valence-corrected chi connectivity index (χ2v) is 6.37. The van der Waals surface area contributed by atoms with Crippen LogP contribution in [0, 0.1) is 0 Å². The van der Waals surface area contributed by atoms with E-state index in [2.05, 4.69) is 13.0 Å². The first-order valence-electron chi connectivity index (χ1n) is 9.36. The van der Waals surface area contributed by atoms with Gasteiger partial charge in [0.05, 0.1) is 0 Å². The Morgan fingerprint density at radius 1 is 1.00 bits per heavy atom. The molecule has 1 heterocycles. The van der Waals surface area contributed by atoms with E-state index in [9.17, 15) is 4.79 Å². The summed E-state index contributed by atoms with van der Waals surface area (Å²) in [5, 5.41) is 0. The Hall–Kier alpha value is -1.05. The number of hydrogen-bond donors (Lipinski definition) is 0. The highest BCUT2D eigenvalue weighted by molar-refractivity contribution is 5.82. The standard InChI is InChI=1S/C20H34O2/c1-2-3-4-5-6-7-8-9-10-11-12-13-14-16-19-17-15-18-20(21)22-19/h14-16,18-19H,2-13,17H2,1H3/b16-14+. The van der Waals surface area contributed by atoms with Crippen LogP contribution in [-0.4, -0.2) is 12.1 Å². The quantitative estimate of drug-likeness (QED) is 0.233. The van der Waals surface area contributed by atoms with Crippen LogP contribution >= 0.6 is 0 Å². The van der Waals surface area contributed by atoms with Crippen molar-refractivity contribution in [1.29, 1.82) is 0 Å². The highest BCUT2D eigenvalue weighted by Crippen LogP contribution is 2.13. The summed E-state index contributed by atoms with van der Waals surface area (Å²) in [7, 11) is 0. The number of esters is 1. The van der Waals surface area contributed by atoms with Gasteiger partial charge in [0.25, 0.3) is 0 Å². The van der Waals surface area contributed by atoms with Gasteiger partial charge >= 0.3 is 5.97 Å². The molecule has 126 valence electrons. The van der Waals surface area contributed by atoms with Gasteiger partial charge in [-0.1, -0.05) is 83.3 Å². The Balaban J connectivity index is 1.82. The van der Waals surface area contributed by atoms with Gasteiger partial charge in [-0.25, -0.2) is 4.79 Å². The summed E-state index contributed by atoms with van der Waals surface area (Å²) in [6, 6.07) is 0. The Labute approximate surface area is 137 Å². The van der Waals surface area contributed by atoms with E-state index in [-0.39, 0.29) is 12.1 Å². The molecule has 0 N–H and O–H groups in total. The normalized spacial score (nSPS) is 18.0. The molecule has 0 saturated heterocycles. The minimum atomic E-state index is -0.212. The Morgan fingerprint density at radius 3 is 2.18 bits per heavy atom. The van der Waals surface area contributed by atoms with Gasteiger partial charge in [-0.3, -0.25) is 0 Å². The van der Waals surface area contributed by atoms with Gasteiger partial charge < -0.3 is 4.74 Å². The number of cyclic esters (lactones) is 1. The fourth-order valence-corrected chi connectivity index (χ4v) is 2.83. The third kappa shape index (κ3) is 10.6. The highest BCUT2D eigenvalue weighted by Gasteiger charge is 2.11. The minimum absolute atomic E-state index is 0.0368. The molecule has 1 aliphatic rings. The molecule has 0 spiro atoms. The molecule has 2 nitrogen and oxygen atoms in total. The van der Waals surface area contributed by atoms with E-state index in [4.69, 9.17) is 4.74 Å². The topological polar surface area (TPSA) is 26.3 Å². The summed E-state index contributed by atoms with van der Waals surface area (Å²) < 4.78 is 5.18. The van der Waals surface area contributed by atoms with Crippen molar-refractivity contribution >= 4 is 5.97 Å². The van der Waals surface area contributed by atoms with Crippen LogP contribution < -0.4 is 0 Å². The lowest BCUT2D eigenvalue weighted by molar-refractivity contribution is -0.141. The minimum Gasteiger partial charge on any atom is -0.455 e. The molecule has 0 bridgehead atoms. The van der Waals surface area contributed by atoms with Gasteiger partial charge in [0.1, 0.15) is 6.10 Å². The maximum atomic E-state index is 11.1. The maximum absolute atomic E-state index is 11.1. The molecule has 1 rings (SSSR count). The average molecular weight is 306 g/mol. The lowest BCUT2D eigenvalue weighted by Crippen LogP contribution is -2.17. The van der Waals surface area contributed by atoms with Gasteiger partial charge in [-0.15, -0.1) is 0 Å². The van der Waals surface area contributed by atoms with Crippen molar-refractivity contribution in [2.75, 3.05) is 0 Å². The van der Waals surface area contributed by atoms with Gasteiger partial charge in [0.15, 0.2) is 0 Å². The van der Waals surface area contributed by atoms with Crippen LogP contribution in [0.25, 0.3) is 0 Å². The van der Waals surface area contributed by atoms with E-state index in [0.29, 0.717) is 0 Å². The zero-order chi connectivity index (χ0) is 15.9. The number of ether oxygens (including phenoxy) is 1. The van der Waals surface area contributed by atoms with Crippen molar-refractivity contribution in [2.24, 2.45) is 0 Å². The van der Waals surface area contributed by atoms with Crippen LogP contribution in [-0.2, 0) is 9.53 Å². The predicted octanol–water partition coefficient (Wildman–Crippen LogP) is 6.12. The summed E-state index contributed by atoms with van der Waals surface area (Å²) >= 11 is 0. The summed E-state index contributed by atoms with van der Waals surface area (Å²) in [4.78, 5) is 11.1. The molecule has 22 heavy (non-hydrogen) atoms. The van der Waals surface area contributed by atoms with E-state index < -0.39 is 0 Å². The molecular formula is C20H34O2. The number of hydrogen-bond acceptors (Lipinski definition) is 2. The zero-order valence-electron chi connectivity index (χ0n) is 14.4. The molecule has 0 saturated carbocycles. The molecule has 1 atom stereocenters. The summed E-state index contributed by atoms with van der Waals surface area (Å²) in [6.07, 6.45) is 24.7. The van der Waals surface area contributed by atoms with Crippen LogP contribution in [0.5, 0.6) is 0 Å². The highest BCUT2D eigenvalue weighted by atomic mass is 16.5. The average Bonchev–Trinajstić information content (AvgIpc) is 2.52. The van der Waals surface area contributed by atoms with Crippen LogP contribution in [0.2, 0.25) is 0 Å². The van der Waals surface area contributed by atoms with E-state index in [0.717, 1.165) is 12.8 Å². The number of unbranched alkanes of at least 4 members (excludes halogenated alkanes) is 11. The first-order chi connectivity index (χ1) is 10.8. The maximum Gasteiger partial charge on any atom is 0.331 e. The van der Waals surface area contributed by atoms with Crippen molar-refractivity contribution in [2.45, 2.75) is 96.5 Å². The monoisotopic (exact) mass is 306 g/mol. The molecule has 0 aromatic rings. The smallest absolute Gasteiger partial charge is 0.331 e. The van der Waals surface area contributed by atoms with Crippen molar-refractivity contribution in [3.8, 4) is 0 Å². The Kier molecular flexibility index (Phi) is 11.7. The molecule has 0 amide bonds. The van der Waals surface area contributed by atoms with Gasteiger partial charge in [0.2, 0.25) is 0 Å². The fourth-order valence-electron chi connectivity index (χ4n) is 2.83. The number of carbonyl (C=O) groups is 1. The van der Waals surface area contributed by atoms with Crippen molar-refractivity contribution in [3.63, 3.8) is 0 Å². The molecule has 0 radical (unpaired) electrons. The molecule has 1 unspecified atom stereocenters. The Bertz CT molecular complexity index is 331. The lowest BCUT2D eigenvalue weighted by atomic mass is 10.0. The van der Waals surface area contributed by atoms with Gasteiger partial charge in [0, 0.05) is 12.5 Å². The largest absolute Gasteiger partial charge is 0.455 e. The van der Waals surface area contributed by atoms with Gasteiger partial charge in [-0.05, 0) is 18.9 Å². The van der Waals surface area contributed by atoms with Crippen molar-refractivity contribution in [3.05, 3.63) is 24.3 Å². The molecular weight excluding hydrogens is 272 g/mol. The van der Waals surface area contributed by atoms with Crippen molar-refractivity contribution < 1.29 is 9.53 Å². The third-order valence-electron chi connectivity index (χ3n) is 4.21. The molecule has 0 aliphatic carbocycles. The predicted molar refractivity (Wildman–Crippen MR) is 93.9 cm³/mol. The summed E-state index contributed by atoms with van der Waals surface area (Å²) in [6.45, 7) is 2.27. The van der Waals surface area contributed by atoms with E-state index in [1.54, 1.807) is 0 Å². The fraction of sp³-hybridized carbons (Fsp3) is 0.750. The van der Waals surface area contributed by atoms with Crippen LogP contribution in [0.1, 0.15) is 90.4 Å². The third-order valence-corrected chi connectivity index (χ3v) is 4.21. The summed E-state index contributed by atoms with van der Waals surface area (Å²) in [5.74, 6) is -0.212. The Morgan fingerprint density at radius 2 is 1.59 bits per heavy atom. The van der Waals surface area contributed by atoms with Crippen LogP contribution in [0.15, 0.2) is 24.3 Å². The number of allylic oxidation sites excluding steroid dienone is 1. The van der Waals surface area contributed by atoms with Crippen molar-refractivity contribution in [1.82, 2.24) is 0 Å². The zero-order valence-corrected chi connectivity index (χ0v) is 14.4. The van der Waals surface area contributed by atoms with Gasteiger partial charge in [-0.2, -0.15) is 0 Å². The molecule has 0 aromatic carbocycles. The summed E-state index contributed by atoms with van der Waals surface area (Å²) in [5.41, 5.74) is 0. The second kappa shape index (κ2) is 13.6. The van der Waals surface area contributed by atoms with Crippen LogP contribution in [0.3, 0.4) is 0 Å². The SMILES string of the molecule is CCCCCCCCCCCCC/C=C/C1CC=CC(=O)O1. The molecule has 0 fully saturated rings. The van der Waals surface area contributed by atoms with Crippen LogP contribution in [0.4, 0.5) is 0 Å². The molecule has 0 aromatic heterocycles. The van der Waals surface area contributed by atoms with E-state index in [1.807, 2.05) is 12.2 Å². The molecule has 2 heteroatoms. The second-order valence-electron chi connectivity index (χ2n) is 6.37. The first-order valence-corrected chi connectivity index (χ1v) is 9.36. The number of carbonyl (C=O) groups excluding carboxylic acids is 1.